The number of halogens is 1. The van der Waals surface area contributed by atoms with E-state index in [-0.39, 0.29) is 0 Å². The Labute approximate surface area is 91.4 Å². The molecule has 0 saturated carbocycles. The molecule has 2 nitrogen and oxygen atoms in total. The zero-order valence-electron chi connectivity index (χ0n) is 7.89. The van der Waals surface area contributed by atoms with Crippen molar-refractivity contribution in [2.75, 3.05) is 20.3 Å². The molecule has 0 aliphatic carbocycles. The monoisotopic (exact) mass is 263 g/mol. The van der Waals surface area contributed by atoms with Gasteiger partial charge in [-0.2, -0.15) is 0 Å². The quantitative estimate of drug-likeness (QED) is 0.825. The molecular weight excluding hydrogens is 250 g/mol. The Balaban J connectivity index is 2.29. The molecule has 1 N–H and O–H groups in total. The van der Waals surface area contributed by atoms with E-state index in [1.54, 1.807) is 18.4 Å². The first-order chi connectivity index (χ1) is 6.24. The van der Waals surface area contributed by atoms with Crippen LogP contribution in [0.5, 0.6) is 0 Å². The third-order valence-corrected chi connectivity index (χ3v) is 3.83. The van der Waals surface area contributed by atoms with Gasteiger partial charge in [-0.3, -0.25) is 0 Å². The van der Waals surface area contributed by atoms with Gasteiger partial charge in [-0.05, 0) is 34.5 Å². The van der Waals surface area contributed by atoms with E-state index in [2.05, 4.69) is 34.2 Å². The fourth-order valence-electron chi connectivity index (χ4n) is 0.996. The molecule has 74 valence electrons. The smallest absolute Gasteiger partial charge is 0.0730 e. The maximum absolute atomic E-state index is 4.94. The van der Waals surface area contributed by atoms with Crippen molar-refractivity contribution in [1.29, 1.82) is 0 Å². The lowest BCUT2D eigenvalue weighted by molar-refractivity contribution is 0.199. The van der Waals surface area contributed by atoms with Crippen LogP contribution in [0, 0.1) is 6.92 Å². The van der Waals surface area contributed by atoms with Gasteiger partial charge in [0.15, 0.2) is 0 Å². The van der Waals surface area contributed by atoms with E-state index in [1.807, 2.05) is 0 Å². The molecular formula is C9H14BrNOS. The Morgan fingerprint density at radius 1 is 1.62 bits per heavy atom. The van der Waals surface area contributed by atoms with Gasteiger partial charge in [-0.1, -0.05) is 0 Å². The minimum atomic E-state index is 0.769. The van der Waals surface area contributed by atoms with Gasteiger partial charge in [0.1, 0.15) is 0 Å². The summed E-state index contributed by atoms with van der Waals surface area (Å²) in [7, 11) is 1.72. The van der Waals surface area contributed by atoms with Crippen molar-refractivity contribution >= 4 is 27.3 Å². The average Bonchev–Trinajstić information content (AvgIpc) is 2.41. The summed E-state index contributed by atoms with van der Waals surface area (Å²) in [5.74, 6) is 0. The van der Waals surface area contributed by atoms with Crippen molar-refractivity contribution < 1.29 is 4.74 Å². The predicted octanol–water partition coefficient (Wildman–Crippen LogP) is 2.56. The van der Waals surface area contributed by atoms with Crippen LogP contribution < -0.4 is 5.32 Å². The second-order valence-corrected chi connectivity index (χ2v) is 5.29. The fourth-order valence-corrected chi connectivity index (χ4v) is 2.59. The Kier molecular flexibility index (Phi) is 4.94. The summed E-state index contributed by atoms with van der Waals surface area (Å²) in [5, 5.41) is 3.31. The van der Waals surface area contributed by atoms with Crippen LogP contribution in [0.3, 0.4) is 0 Å². The van der Waals surface area contributed by atoms with Crippen LogP contribution in [0.2, 0.25) is 0 Å². The van der Waals surface area contributed by atoms with E-state index in [0.29, 0.717) is 0 Å². The largest absolute Gasteiger partial charge is 0.383 e. The minimum absolute atomic E-state index is 0.769. The van der Waals surface area contributed by atoms with Gasteiger partial charge in [0.2, 0.25) is 0 Å². The first-order valence-corrected chi connectivity index (χ1v) is 5.79. The number of methoxy groups -OCH3 is 1. The lowest BCUT2D eigenvalue weighted by Crippen LogP contribution is -2.17. The van der Waals surface area contributed by atoms with Gasteiger partial charge in [-0.15, -0.1) is 11.3 Å². The number of hydrogen-bond acceptors (Lipinski definition) is 3. The highest BCUT2D eigenvalue weighted by Crippen LogP contribution is 2.26. The highest BCUT2D eigenvalue weighted by atomic mass is 79.9. The molecule has 0 atom stereocenters. The lowest BCUT2D eigenvalue weighted by atomic mass is 10.3. The van der Waals surface area contributed by atoms with Gasteiger partial charge < -0.3 is 10.1 Å². The van der Waals surface area contributed by atoms with Crippen LogP contribution in [0.4, 0.5) is 0 Å². The topological polar surface area (TPSA) is 21.3 Å². The Morgan fingerprint density at radius 3 is 2.92 bits per heavy atom. The third kappa shape index (κ3) is 3.77. The molecule has 1 rings (SSSR count). The average molecular weight is 264 g/mol. The van der Waals surface area contributed by atoms with Gasteiger partial charge in [0.05, 0.1) is 10.4 Å². The molecule has 0 aliphatic heterocycles. The molecule has 0 fully saturated rings. The van der Waals surface area contributed by atoms with Crippen molar-refractivity contribution in [3.63, 3.8) is 0 Å². The molecule has 0 radical (unpaired) electrons. The second kappa shape index (κ2) is 5.75. The highest BCUT2D eigenvalue weighted by molar-refractivity contribution is 9.11. The van der Waals surface area contributed by atoms with Crippen molar-refractivity contribution in [3.05, 3.63) is 20.3 Å². The molecule has 0 spiro atoms. The summed E-state index contributed by atoms with van der Waals surface area (Å²) in [4.78, 5) is 1.36. The van der Waals surface area contributed by atoms with Crippen LogP contribution in [-0.2, 0) is 11.3 Å². The fraction of sp³-hybridized carbons (Fsp3) is 0.556. The first kappa shape index (κ1) is 11.2. The van der Waals surface area contributed by atoms with Crippen LogP contribution in [0.1, 0.15) is 10.4 Å². The molecule has 0 unspecified atom stereocenters. The summed E-state index contributed by atoms with van der Waals surface area (Å²) >= 11 is 5.29. The maximum Gasteiger partial charge on any atom is 0.0730 e. The molecule has 1 aromatic rings. The summed E-state index contributed by atoms with van der Waals surface area (Å²) < 4.78 is 6.17. The Morgan fingerprint density at radius 2 is 2.38 bits per heavy atom. The second-order valence-electron chi connectivity index (χ2n) is 2.84. The zero-order valence-corrected chi connectivity index (χ0v) is 10.3. The highest BCUT2D eigenvalue weighted by Gasteiger charge is 2.01. The number of hydrogen-bond donors (Lipinski definition) is 1. The molecule has 13 heavy (non-hydrogen) atoms. The summed E-state index contributed by atoms with van der Waals surface area (Å²) in [6, 6.07) is 2.20. The SMILES string of the molecule is COCCNCc1cc(C)c(Br)s1. The van der Waals surface area contributed by atoms with Gasteiger partial charge in [0.25, 0.3) is 0 Å². The maximum atomic E-state index is 4.94. The molecule has 1 aromatic heterocycles. The van der Waals surface area contributed by atoms with Crippen LogP contribution in [-0.4, -0.2) is 20.3 Å². The number of nitrogens with one attached hydrogen (secondary N) is 1. The van der Waals surface area contributed by atoms with E-state index in [1.165, 1.54) is 14.2 Å². The van der Waals surface area contributed by atoms with Gasteiger partial charge >= 0.3 is 0 Å². The molecule has 1 heterocycles. The predicted molar refractivity (Wildman–Crippen MR) is 60.3 cm³/mol. The number of ether oxygens (including phenoxy) is 1. The summed E-state index contributed by atoms with van der Waals surface area (Å²) in [5.41, 5.74) is 1.31. The molecule has 0 aliphatic rings. The first-order valence-electron chi connectivity index (χ1n) is 4.18. The summed E-state index contributed by atoms with van der Waals surface area (Å²) in [6.45, 7) is 4.72. The molecule has 0 bridgehead atoms. The molecule has 0 saturated heterocycles. The van der Waals surface area contributed by atoms with E-state index in [4.69, 9.17) is 4.74 Å². The van der Waals surface area contributed by atoms with E-state index in [0.717, 1.165) is 19.7 Å². The van der Waals surface area contributed by atoms with Gasteiger partial charge in [0, 0.05) is 25.1 Å². The van der Waals surface area contributed by atoms with Crippen molar-refractivity contribution in [2.45, 2.75) is 13.5 Å². The number of rotatable bonds is 5. The number of aryl methyl sites for hydroxylation is 1. The summed E-state index contributed by atoms with van der Waals surface area (Å²) in [6.07, 6.45) is 0. The number of thiophene rings is 1. The van der Waals surface area contributed by atoms with E-state index < -0.39 is 0 Å². The minimum Gasteiger partial charge on any atom is -0.383 e. The molecule has 0 aromatic carbocycles. The Bertz CT molecular complexity index is 243. The zero-order chi connectivity index (χ0) is 9.68. The standard InChI is InChI=1S/C9H14BrNOS/c1-7-5-8(13-9(7)10)6-11-3-4-12-2/h5,11H,3-4,6H2,1-2H3. The molecule has 4 heteroatoms. The Hall–Kier alpha value is 0.1000. The van der Waals surface area contributed by atoms with Crippen LogP contribution >= 0.6 is 27.3 Å². The van der Waals surface area contributed by atoms with Crippen molar-refractivity contribution in [3.8, 4) is 0 Å². The lowest BCUT2D eigenvalue weighted by Gasteiger charge is -2.00. The van der Waals surface area contributed by atoms with Crippen molar-refractivity contribution in [1.82, 2.24) is 5.32 Å². The van der Waals surface area contributed by atoms with Gasteiger partial charge in [-0.25, -0.2) is 0 Å². The molecule has 0 amide bonds. The normalized spacial score (nSPS) is 10.7. The van der Waals surface area contributed by atoms with Crippen molar-refractivity contribution in [2.24, 2.45) is 0 Å². The van der Waals surface area contributed by atoms with Crippen LogP contribution in [0.15, 0.2) is 9.85 Å². The van der Waals surface area contributed by atoms with E-state index in [9.17, 15) is 0 Å². The van der Waals surface area contributed by atoms with Crippen LogP contribution in [0.25, 0.3) is 0 Å². The van der Waals surface area contributed by atoms with E-state index >= 15 is 0 Å². The third-order valence-electron chi connectivity index (χ3n) is 1.69.